The lowest BCUT2D eigenvalue weighted by molar-refractivity contribution is -0.183. The Labute approximate surface area is 130 Å². The van der Waals surface area contributed by atoms with E-state index in [1.54, 1.807) is 0 Å². The van der Waals surface area contributed by atoms with Crippen LogP contribution in [0, 0.1) is 11.8 Å². The lowest BCUT2D eigenvalue weighted by atomic mass is 9.85. The highest BCUT2D eigenvalue weighted by Gasteiger charge is 2.42. The van der Waals surface area contributed by atoms with Gasteiger partial charge < -0.3 is 5.32 Å². The summed E-state index contributed by atoms with van der Waals surface area (Å²) in [5, 5.41) is 3.25. The first-order valence-corrected chi connectivity index (χ1v) is 9.81. The third-order valence-corrected chi connectivity index (χ3v) is 5.56. The Balaban J connectivity index is 1.82. The molecule has 4 atom stereocenters. The molecular formula is C14H25F3N2O2S. The smallest absolute Gasteiger partial charge is 0.314 e. The van der Waals surface area contributed by atoms with Crippen LogP contribution in [0.4, 0.5) is 13.2 Å². The first kappa shape index (κ1) is 18.0. The average Bonchev–Trinajstić information content (AvgIpc) is 2.81. The van der Waals surface area contributed by atoms with Crippen molar-refractivity contribution in [1.29, 1.82) is 0 Å². The quantitative estimate of drug-likeness (QED) is 0.807. The highest BCUT2D eigenvalue weighted by atomic mass is 32.2. The van der Waals surface area contributed by atoms with Gasteiger partial charge in [0, 0.05) is 12.1 Å². The summed E-state index contributed by atoms with van der Waals surface area (Å²) in [5.74, 6) is -1.03. The second kappa shape index (κ2) is 7.05. The van der Waals surface area contributed by atoms with E-state index in [-0.39, 0.29) is 30.8 Å². The van der Waals surface area contributed by atoms with E-state index >= 15 is 0 Å². The highest BCUT2D eigenvalue weighted by Crippen LogP contribution is 2.37. The average molecular weight is 342 g/mol. The van der Waals surface area contributed by atoms with Gasteiger partial charge in [0.25, 0.3) is 0 Å². The summed E-state index contributed by atoms with van der Waals surface area (Å²) in [4.78, 5) is 0. The van der Waals surface area contributed by atoms with Gasteiger partial charge in [0.05, 0.1) is 12.2 Å². The lowest BCUT2D eigenvalue weighted by Gasteiger charge is -2.32. The summed E-state index contributed by atoms with van der Waals surface area (Å²) < 4.78 is 63.7. The van der Waals surface area contributed by atoms with Crippen molar-refractivity contribution in [2.24, 2.45) is 11.8 Å². The molecule has 8 heteroatoms. The number of hydrogen-bond donors (Lipinski definition) is 2. The SMILES string of the molecule is CS(=O)(=O)N[C@@H]1CCC[C@@H]1CN[C@H]1CCC[C@@H](C(F)(F)F)C1. The standard InChI is InChI=1S/C14H25F3N2O2S/c1-22(20,21)19-13-7-2-4-10(13)9-18-12-6-3-5-11(8-12)14(15,16)17/h10-13,18-19H,2-9H2,1H3/t10-,11-,12+,13-/m1/s1. The van der Waals surface area contributed by atoms with E-state index < -0.39 is 22.1 Å². The lowest BCUT2D eigenvalue weighted by Crippen LogP contribution is -2.44. The van der Waals surface area contributed by atoms with Crippen LogP contribution in [0.2, 0.25) is 0 Å². The number of sulfonamides is 1. The topological polar surface area (TPSA) is 58.2 Å². The minimum absolute atomic E-state index is 0.0931. The van der Waals surface area contributed by atoms with Crippen LogP contribution >= 0.6 is 0 Å². The van der Waals surface area contributed by atoms with Gasteiger partial charge in [0.15, 0.2) is 0 Å². The van der Waals surface area contributed by atoms with Crippen molar-refractivity contribution in [1.82, 2.24) is 10.0 Å². The molecule has 0 spiro atoms. The maximum Gasteiger partial charge on any atom is 0.391 e. The van der Waals surface area contributed by atoms with Crippen LogP contribution in [0.1, 0.15) is 44.9 Å². The van der Waals surface area contributed by atoms with E-state index in [2.05, 4.69) is 10.0 Å². The van der Waals surface area contributed by atoms with Gasteiger partial charge in [0.1, 0.15) is 0 Å². The zero-order valence-corrected chi connectivity index (χ0v) is 13.6. The zero-order valence-electron chi connectivity index (χ0n) is 12.8. The first-order valence-electron chi connectivity index (χ1n) is 7.92. The molecule has 0 aromatic rings. The third-order valence-electron chi connectivity index (χ3n) is 4.83. The van der Waals surface area contributed by atoms with E-state index in [0.717, 1.165) is 31.9 Å². The Bertz CT molecular complexity index is 467. The summed E-state index contributed by atoms with van der Waals surface area (Å²) in [6.45, 7) is 0.586. The van der Waals surface area contributed by atoms with E-state index in [1.807, 2.05) is 0 Å². The largest absolute Gasteiger partial charge is 0.391 e. The molecule has 0 unspecified atom stereocenters. The Hall–Kier alpha value is -0.340. The van der Waals surface area contributed by atoms with Gasteiger partial charge >= 0.3 is 6.18 Å². The zero-order chi connectivity index (χ0) is 16.4. The molecule has 0 radical (unpaired) electrons. The molecule has 2 saturated carbocycles. The van der Waals surface area contributed by atoms with Crippen LogP contribution in [-0.4, -0.2) is 39.5 Å². The van der Waals surface area contributed by atoms with Gasteiger partial charge in [-0.2, -0.15) is 13.2 Å². The van der Waals surface area contributed by atoms with Crippen molar-refractivity contribution in [2.45, 2.75) is 63.2 Å². The van der Waals surface area contributed by atoms with Crippen molar-refractivity contribution in [3.8, 4) is 0 Å². The van der Waals surface area contributed by atoms with Gasteiger partial charge in [-0.3, -0.25) is 0 Å². The molecule has 4 nitrogen and oxygen atoms in total. The van der Waals surface area contributed by atoms with Gasteiger partial charge in [-0.05, 0) is 44.6 Å². The molecule has 2 aliphatic carbocycles. The van der Waals surface area contributed by atoms with E-state index in [4.69, 9.17) is 0 Å². The monoisotopic (exact) mass is 342 g/mol. The molecule has 2 aliphatic rings. The second-order valence-electron chi connectivity index (χ2n) is 6.70. The number of hydrogen-bond acceptors (Lipinski definition) is 3. The fourth-order valence-corrected chi connectivity index (χ4v) is 4.56. The molecule has 130 valence electrons. The van der Waals surface area contributed by atoms with Crippen molar-refractivity contribution in [3.63, 3.8) is 0 Å². The van der Waals surface area contributed by atoms with E-state index in [0.29, 0.717) is 13.0 Å². The molecule has 0 heterocycles. The molecule has 0 bridgehead atoms. The second-order valence-corrected chi connectivity index (χ2v) is 8.48. The maximum absolute atomic E-state index is 12.8. The van der Waals surface area contributed by atoms with Crippen LogP contribution in [0.5, 0.6) is 0 Å². The number of halogens is 3. The van der Waals surface area contributed by atoms with Crippen molar-refractivity contribution >= 4 is 10.0 Å². The molecule has 2 N–H and O–H groups in total. The molecule has 2 fully saturated rings. The summed E-state index contributed by atoms with van der Waals surface area (Å²) in [6.07, 6.45) is 1.43. The molecule has 0 amide bonds. The van der Waals surface area contributed by atoms with Crippen molar-refractivity contribution < 1.29 is 21.6 Å². The Kier molecular flexibility index (Phi) is 5.77. The number of rotatable bonds is 5. The van der Waals surface area contributed by atoms with Crippen LogP contribution in [-0.2, 0) is 10.0 Å². The Morgan fingerprint density at radius 3 is 2.41 bits per heavy atom. The Morgan fingerprint density at radius 2 is 1.77 bits per heavy atom. The molecular weight excluding hydrogens is 317 g/mol. The van der Waals surface area contributed by atoms with Gasteiger partial charge in [-0.25, -0.2) is 13.1 Å². The summed E-state index contributed by atoms with van der Waals surface area (Å²) in [7, 11) is -3.24. The minimum atomic E-state index is -4.10. The summed E-state index contributed by atoms with van der Waals surface area (Å²) in [6, 6.07) is -0.204. The number of alkyl halides is 3. The molecule has 2 rings (SSSR count). The third kappa shape index (κ3) is 5.38. The predicted molar refractivity (Wildman–Crippen MR) is 78.9 cm³/mol. The minimum Gasteiger partial charge on any atom is -0.314 e. The van der Waals surface area contributed by atoms with Gasteiger partial charge in [-0.1, -0.05) is 12.8 Å². The van der Waals surface area contributed by atoms with Crippen molar-refractivity contribution in [2.75, 3.05) is 12.8 Å². The highest BCUT2D eigenvalue weighted by molar-refractivity contribution is 7.88. The Morgan fingerprint density at radius 1 is 1.09 bits per heavy atom. The normalized spacial score (nSPS) is 34.0. The molecule has 0 aliphatic heterocycles. The van der Waals surface area contributed by atoms with Crippen molar-refractivity contribution in [3.05, 3.63) is 0 Å². The van der Waals surface area contributed by atoms with Gasteiger partial charge in [0.2, 0.25) is 10.0 Å². The molecule has 0 aromatic heterocycles. The summed E-state index contributed by atoms with van der Waals surface area (Å²) in [5.41, 5.74) is 0. The molecule has 0 saturated heterocycles. The summed E-state index contributed by atoms with van der Waals surface area (Å²) >= 11 is 0. The predicted octanol–water partition coefficient (Wildman–Crippen LogP) is 2.42. The van der Waals surface area contributed by atoms with Crippen LogP contribution in [0.15, 0.2) is 0 Å². The number of nitrogens with one attached hydrogen (secondary N) is 2. The fraction of sp³-hybridized carbons (Fsp3) is 1.00. The maximum atomic E-state index is 12.8. The molecule has 0 aromatic carbocycles. The van der Waals surface area contributed by atoms with Crippen LogP contribution in [0.3, 0.4) is 0 Å². The van der Waals surface area contributed by atoms with E-state index in [9.17, 15) is 21.6 Å². The van der Waals surface area contributed by atoms with Crippen LogP contribution < -0.4 is 10.0 Å². The van der Waals surface area contributed by atoms with Gasteiger partial charge in [-0.15, -0.1) is 0 Å². The molecule has 22 heavy (non-hydrogen) atoms. The first-order chi connectivity index (χ1) is 10.1. The van der Waals surface area contributed by atoms with Crippen LogP contribution in [0.25, 0.3) is 0 Å². The van der Waals surface area contributed by atoms with E-state index in [1.165, 1.54) is 0 Å². The fourth-order valence-electron chi connectivity index (χ4n) is 3.70.